The molecule has 4 N–H and O–H groups in total. The first-order valence-corrected chi connectivity index (χ1v) is 6.49. The van der Waals surface area contributed by atoms with Crippen molar-refractivity contribution in [3.63, 3.8) is 0 Å². The number of hydrogen-bond donors (Lipinski definition) is 3. The van der Waals surface area contributed by atoms with Gasteiger partial charge in [-0.1, -0.05) is 6.07 Å². The number of carbonyl (C=O) groups excluding carboxylic acids is 1. The van der Waals surface area contributed by atoms with Crippen LogP contribution in [0.15, 0.2) is 24.3 Å². The number of hydrogen-bond acceptors (Lipinski definition) is 4. The van der Waals surface area contributed by atoms with Gasteiger partial charge in [-0.25, -0.2) is 0 Å². The van der Waals surface area contributed by atoms with Crippen molar-refractivity contribution >= 4 is 11.6 Å². The zero-order chi connectivity index (χ0) is 13.7. The molecule has 0 radical (unpaired) electrons. The molecule has 1 fully saturated rings. The number of nitrogens with two attached hydrogens (primary N) is 1. The predicted octanol–water partition coefficient (Wildman–Crippen LogP) is 0.926. The summed E-state index contributed by atoms with van der Waals surface area (Å²) in [6.45, 7) is 0.779. The summed E-state index contributed by atoms with van der Waals surface area (Å²) in [6, 6.07) is 6.99. The molecule has 19 heavy (non-hydrogen) atoms. The lowest BCUT2D eigenvalue weighted by molar-refractivity contribution is -0.123. The second kappa shape index (κ2) is 5.93. The fourth-order valence-corrected chi connectivity index (χ4v) is 2.02. The van der Waals surface area contributed by atoms with Crippen molar-refractivity contribution in [3.8, 4) is 5.75 Å². The van der Waals surface area contributed by atoms with Crippen LogP contribution < -0.4 is 15.8 Å². The first kappa shape index (κ1) is 13.7. The summed E-state index contributed by atoms with van der Waals surface area (Å²) in [5, 5.41) is 11.8. The Morgan fingerprint density at radius 3 is 2.89 bits per heavy atom. The first-order valence-electron chi connectivity index (χ1n) is 6.49. The summed E-state index contributed by atoms with van der Waals surface area (Å²) in [5.41, 5.74) is 6.35. The fraction of sp³-hybridized carbons (Fsp3) is 0.500. The molecule has 1 amide bonds. The first-order chi connectivity index (χ1) is 9.13. The number of ether oxygens (including phenoxy) is 1. The lowest BCUT2D eigenvalue weighted by Crippen LogP contribution is -2.34. The normalized spacial score (nSPS) is 15.8. The van der Waals surface area contributed by atoms with Gasteiger partial charge in [-0.3, -0.25) is 4.79 Å². The Labute approximate surface area is 112 Å². The Hall–Kier alpha value is -1.75. The highest BCUT2D eigenvalue weighted by molar-refractivity contribution is 5.77. The molecule has 2 rings (SSSR count). The van der Waals surface area contributed by atoms with Crippen LogP contribution in [0.2, 0.25) is 0 Å². The van der Waals surface area contributed by atoms with E-state index in [0.717, 1.165) is 19.3 Å². The fourth-order valence-electron chi connectivity index (χ4n) is 2.02. The van der Waals surface area contributed by atoms with Crippen LogP contribution in [-0.2, 0) is 4.79 Å². The summed E-state index contributed by atoms with van der Waals surface area (Å²) in [5.74, 6) is 0.443. The average molecular weight is 264 g/mol. The van der Waals surface area contributed by atoms with E-state index in [-0.39, 0.29) is 24.5 Å². The van der Waals surface area contributed by atoms with Gasteiger partial charge in [-0.05, 0) is 36.8 Å². The van der Waals surface area contributed by atoms with Crippen LogP contribution in [0.1, 0.15) is 19.3 Å². The maximum atomic E-state index is 11.7. The molecule has 0 spiro atoms. The Kier molecular flexibility index (Phi) is 4.27. The van der Waals surface area contributed by atoms with Crippen molar-refractivity contribution in [3.05, 3.63) is 24.3 Å². The Morgan fingerprint density at radius 2 is 2.26 bits per heavy atom. The van der Waals surface area contributed by atoms with E-state index in [4.69, 9.17) is 15.6 Å². The summed E-state index contributed by atoms with van der Waals surface area (Å²) < 4.78 is 5.35. The van der Waals surface area contributed by atoms with Gasteiger partial charge >= 0.3 is 0 Å². The zero-order valence-electron chi connectivity index (χ0n) is 10.9. The van der Waals surface area contributed by atoms with Gasteiger partial charge in [0.2, 0.25) is 0 Å². The van der Waals surface area contributed by atoms with Gasteiger partial charge in [0.1, 0.15) is 5.75 Å². The number of nitrogen functional groups attached to an aromatic ring is 1. The van der Waals surface area contributed by atoms with Gasteiger partial charge in [-0.15, -0.1) is 0 Å². The zero-order valence-corrected chi connectivity index (χ0v) is 10.9. The summed E-state index contributed by atoms with van der Waals surface area (Å²) in [7, 11) is 0. The minimum Gasteiger partial charge on any atom is -0.484 e. The smallest absolute Gasteiger partial charge is 0.257 e. The molecular formula is C14H20N2O3. The van der Waals surface area contributed by atoms with Gasteiger partial charge in [-0.2, -0.15) is 0 Å². The number of nitrogens with one attached hydrogen (secondary N) is 1. The van der Waals surface area contributed by atoms with Crippen molar-refractivity contribution in [2.24, 2.45) is 5.41 Å². The molecule has 0 aliphatic heterocycles. The topological polar surface area (TPSA) is 84.6 Å². The molecule has 1 aliphatic rings. The van der Waals surface area contributed by atoms with E-state index in [9.17, 15) is 4.79 Å². The number of benzene rings is 1. The van der Waals surface area contributed by atoms with Crippen LogP contribution in [0, 0.1) is 5.41 Å². The van der Waals surface area contributed by atoms with Gasteiger partial charge in [0, 0.05) is 24.9 Å². The predicted molar refractivity (Wildman–Crippen MR) is 72.7 cm³/mol. The van der Waals surface area contributed by atoms with Crippen LogP contribution in [0.4, 0.5) is 5.69 Å². The molecule has 1 saturated carbocycles. The molecule has 1 aromatic carbocycles. The third kappa shape index (κ3) is 4.13. The Balaban J connectivity index is 1.70. The molecule has 0 bridgehead atoms. The van der Waals surface area contributed by atoms with E-state index < -0.39 is 0 Å². The van der Waals surface area contributed by atoms with Crippen molar-refractivity contribution in [1.82, 2.24) is 5.32 Å². The van der Waals surface area contributed by atoms with E-state index in [1.165, 1.54) is 0 Å². The van der Waals surface area contributed by atoms with Gasteiger partial charge < -0.3 is 20.9 Å². The number of amides is 1. The Morgan fingerprint density at radius 1 is 1.47 bits per heavy atom. The van der Waals surface area contributed by atoms with Crippen molar-refractivity contribution in [2.75, 3.05) is 25.5 Å². The lowest BCUT2D eigenvalue weighted by Gasteiger charge is -2.14. The van der Waals surface area contributed by atoms with Crippen molar-refractivity contribution in [1.29, 1.82) is 0 Å². The molecule has 5 nitrogen and oxygen atoms in total. The van der Waals surface area contributed by atoms with Crippen LogP contribution >= 0.6 is 0 Å². The van der Waals surface area contributed by atoms with Crippen LogP contribution in [0.25, 0.3) is 0 Å². The molecule has 0 atom stereocenters. The molecule has 0 unspecified atom stereocenters. The van der Waals surface area contributed by atoms with E-state index in [2.05, 4.69) is 5.32 Å². The standard InChI is InChI=1S/C14H20N2O3/c15-11-2-1-3-12(8-11)19-9-13(18)16-10-14(4-5-14)6-7-17/h1-3,8,17H,4-7,9-10,15H2,(H,16,18). The minimum atomic E-state index is -0.147. The van der Waals surface area contributed by atoms with Crippen molar-refractivity contribution < 1.29 is 14.6 Å². The number of rotatable bonds is 7. The molecule has 0 aromatic heterocycles. The van der Waals surface area contributed by atoms with Crippen LogP contribution in [0.5, 0.6) is 5.75 Å². The van der Waals surface area contributed by atoms with E-state index in [1.54, 1.807) is 24.3 Å². The second-order valence-electron chi connectivity index (χ2n) is 5.11. The summed E-state index contributed by atoms with van der Waals surface area (Å²) in [6.07, 6.45) is 2.90. The largest absolute Gasteiger partial charge is 0.484 e. The highest BCUT2D eigenvalue weighted by Gasteiger charge is 2.41. The van der Waals surface area contributed by atoms with Crippen molar-refractivity contribution in [2.45, 2.75) is 19.3 Å². The highest BCUT2D eigenvalue weighted by atomic mass is 16.5. The molecule has 0 heterocycles. The highest BCUT2D eigenvalue weighted by Crippen LogP contribution is 2.47. The average Bonchev–Trinajstić information content (AvgIpc) is 3.15. The third-order valence-electron chi connectivity index (χ3n) is 3.49. The van der Waals surface area contributed by atoms with E-state index in [1.807, 2.05) is 0 Å². The minimum absolute atomic E-state index is 0.0152. The molecule has 5 heteroatoms. The number of aliphatic hydroxyl groups excluding tert-OH is 1. The monoisotopic (exact) mass is 264 g/mol. The quantitative estimate of drug-likeness (QED) is 0.639. The molecule has 104 valence electrons. The molecule has 1 aliphatic carbocycles. The van der Waals surface area contributed by atoms with Gasteiger partial charge in [0.15, 0.2) is 6.61 Å². The Bertz CT molecular complexity index is 444. The molecule has 0 saturated heterocycles. The third-order valence-corrected chi connectivity index (χ3v) is 3.49. The lowest BCUT2D eigenvalue weighted by atomic mass is 10.0. The SMILES string of the molecule is Nc1cccc(OCC(=O)NCC2(CCO)CC2)c1. The van der Waals surface area contributed by atoms with Crippen LogP contribution in [-0.4, -0.2) is 30.8 Å². The second-order valence-corrected chi connectivity index (χ2v) is 5.11. The summed E-state index contributed by atoms with van der Waals surface area (Å²) >= 11 is 0. The number of aliphatic hydroxyl groups is 1. The number of carbonyl (C=O) groups is 1. The van der Waals surface area contributed by atoms with E-state index >= 15 is 0 Å². The maximum Gasteiger partial charge on any atom is 0.257 e. The maximum absolute atomic E-state index is 11.7. The summed E-state index contributed by atoms with van der Waals surface area (Å²) in [4.78, 5) is 11.7. The van der Waals surface area contributed by atoms with Gasteiger partial charge in [0.25, 0.3) is 5.91 Å². The number of anilines is 1. The molecular weight excluding hydrogens is 244 g/mol. The molecule has 1 aromatic rings. The van der Waals surface area contributed by atoms with Gasteiger partial charge in [0.05, 0.1) is 0 Å². The van der Waals surface area contributed by atoms with Crippen LogP contribution in [0.3, 0.4) is 0 Å². The van der Waals surface area contributed by atoms with E-state index in [0.29, 0.717) is 18.0 Å².